The predicted molar refractivity (Wildman–Crippen MR) is 131 cm³/mol. The van der Waals surface area contributed by atoms with E-state index in [1.165, 1.54) is 11.0 Å². The second-order valence-electron chi connectivity index (χ2n) is 9.71. The number of benzene rings is 2. The van der Waals surface area contributed by atoms with E-state index in [-0.39, 0.29) is 11.4 Å². The van der Waals surface area contributed by atoms with Crippen LogP contribution in [0.5, 0.6) is 0 Å². The number of hydrogen-bond acceptors (Lipinski definition) is 5. The van der Waals surface area contributed by atoms with Gasteiger partial charge >= 0.3 is 11.8 Å². The summed E-state index contributed by atoms with van der Waals surface area (Å²) >= 11 is 0. The molecule has 0 N–H and O–H groups in total. The minimum atomic E-state index is -4.16. The number of amides is 3. The number of carbonyl (C=O) groups excluding carboxylic acids is 3. The van der Waals surface area contributed by atoms with Gasteiger partial charge in [-0.1, -0.05) is 49.7 Å². The number of fused-ring (bicyclic) bond motifs is 2. The first-order valence-corrected chi connectivity index (χ1v) is 14.0. The molecule has 0 radical (unpaired) electrons. The molecule has 9 heteroatoms. The third kappa shape index (κ3) is 3.90. The monoisotopic (exact) mass is 497 g/mol. The van der Waals surface area contributed by atoms with Gasteiger partial charge in [-0.05, 0) is 43.6 Å². The van der Waals surface area contributed by atoms with Crippen LogP contribution in [0.1, 0.15) is 45.4 Å². The molecule has 0 spiro atoms. The number of hydrogen-bond donors (Lipinski definition) is 0. The molecule has 3 heterocycles. The van der Waals surface area contributed by atoms with E-state index in [2.05, 4.69) is 0 Å². The van der Waals surface area contributed by atoms with Gasteiger partial charge in [0.25, 0.3) is 10.0 Å². The maximum atomic E-state index is 13.9. The van der Waals surface area contributed by atoms with Crippen LogP contribution < -0.4 is 0 Å². The third-order valence-corrected chi connectivity index (χ3v) is 9.52. The molecule has 3 atom stereocenters. The topological polar surface area (TPSA) is 95.1 Å². The Hall–Kier alpha value is -2.94. The molecule has 35 heavy (non-hydrogen) atoms. The van der Waals surface area contributed by atoms with E-state index in [0.717, 1.165) is 29.0 Å². The first-order chi connectivity index (χ1) is 16.9. The number of likely N-dealkylation sites (tertiary alicyclic amines) is 2. The van der Waals surface area contributed by atoms with Gasteiger partial charge < -0.3 is 9.80 Å². The average Bonchev–Trinajstić information content (AvgIpc) is 3.41. The molecule has 3 aliphatic rings. The highest BCUT2D eigenvalue weighted by Gasteiger charge is 2.59. The van der Waals surface area contributed by atoms with Gasteiger partial charge in [0.05, 0.1) is 22.9 Å². The van der Waals surface area contributed by atoms with Crippen LogP contribution in [-0.4, -0.2) is 72.0 Å². The lowest BCUT2D eigenvalue weighted by Crippen LogP contribution is -2.51. The van der Waals surface area contributed by atoms with Crippen molar-refractivity contribution in [1.82, 2.24) is 14.1 Å². The fourth-order valence-electron chi connectivity index (χ4n) is 6.03. The molecule has 3 saturated heterocycles. The van der Waals surface area contributed by atoms with E-state index >= 15 is 0 Å². The van der Waals surface area contributed by atoms with E-state index < -0.39 is 45.7 Å². The van der Waals surface area contributed by atoms with E-state index in [1.807, 2.05) is 25.1 Å². The van der Waals surface area contributed by atoms with Crippen molar-refractivity contribution < 1.29 is 22.8 Å². The van der Waals surface area contributed by atoms with Crippen LogP contribution >= 0.6 is 0 Å². The van der Waals surface area contributed by atoms with Crippen molar-refractivity contribution in [2.24, 2.45) is 5.92 Å². The van der Waals surface area contributed by atoms with Crippen LogP contribution in [0.25, 0.3) is 10.8 Å². The van der Waals surface area contributed by atoms with Crippen LogP contribution in [0, 0.1) is 5.92 Å². The van der Waals surface area contributed by atoms with Gasteiger partial charge in [0.1, 0.15) is 0 Å². The standard InChI is InChI=1S/C26H31N3O5S/c1-2-9-20-23-21(14-17-28(23)26(32)25(31)27-15-6-3-7-16-27)29(24(20)30)35(33,34)22-13-8-11-18-10-4-5-12-19(18)22/h4-5,8,10-13,20-21,23H,2-3,6-7,9,14-17H2,1H3/t20-,21+,23-/m1/s1. The smallest absolute Gasteiger partial charge is 0.312 e. The highest BCUT2D eigenvalue weighted by Crippen LogP contribution is 2.42. The minimum absolute atomic E-state index is 0.0917. The lowest BCUT2D eigenvalue weighted by Gasteiger charge is -2.31. The Morgan fingerprint density at radius 1 is 0.943 bits per heavy atom. The largest absolute Gasteiger partial charge is 0.334 e. The second kappa shape index (κ2) is 9.26. The summed E-state index contributed by atoms with van der Waals surface area (Å²) in [5, 5.41) is 1.33. The molecule has 0 bridgehead atoms. The van der Waals surface area contributed by atoms with Crippen molar-refractivity contribution in [3.8, 4) is 0 Å². The summed E-state index contributed by atoms with van der Waals surface area (Å²) in [4.78, 5) is 43.1. The Bertz CT molecular complexity index is 1270. The summed E-state index contributed by atoms with van der Waals surface area (Å²) < 4.78 is 28.9. The molecular weight excluding hydrogens is 466 g/mol. The van der Waals surface area contributed by atoms with Crippen molar-refractivity contribution in [1.29, 1.82) is 0 Å². The van der Waals surface area contributed by atoms with Crippen molar-refractivity contribution in [2.45, 2.75) is 62.4 Å². The first-order valence-electron chi connectivity index (χ1n) is 12.5. The molecule has 2 aromatic carbocycles. The highest BCUT2D eigenvalue weighted by atomic mass is 32.2. The predicted octanol–water partition coefficient (Wildman–Crippen LogP) is 2.77. The molecule has 3 fully saturated rings. The van der Waals surface area contributed by atoms with Crippen LogP contribution in [0.2, 0.25) is 0 Å². The minimum Gasteiger partial charge on any atom is -0.334 e. The van der Waals surface area contributed by atoms with Gasteiger partial charge in [0.15, 0.2) is 0 Å². The van der Waals surface area contributed by atoms with E-state index in [9.17, 15) is 22.8 Å². The number of nitrogens with zero attached hydrogens (tertiary/aromatic N) is 3. The highest BCUT2D eigenvalue weighted by molar-refractivity contribution is 7.90. The van der Waals surface area contributed by atoms with Crippen LogP contribution in [-0.2, 0) is 24.4 Å². The molecule has 0 aromatic heterocycles. The molecule has 2 aromatic rings. The van der Waals surface area contributed by atoms with E-state index in [0.29, 0.717) is 37.7 Å². The van der Waals surface area contributed by atoms with E-state index in [4.69, 9.17) is 0 Å². The Morgan fingerprint density at radius 3 is 2.40 bits per heavy atom. The molecule has 186 valence electrons. The number of sulfonamides is 1. The molecule has 0 unspecified atom stereocenters. The Labute approximate surface area is 205 Å². The Morgan fingerprint density at radius 2 is 1.66 bits per heavy atom. The summed E-state index contributed by atoms with van der Waals surface area (Å²) in [6, 6.07) is 11.0. The maximum absolute atomic E-state index is 13.9. The Kier molecular flexibility index (Phi) is 6.29. The molecule has 0 saturated carbocycles. The molecule has 8 nitrogen and oxygen atoms in total. The van der Waals surface area contributed by atoms with Gasteiger partial charge in [0.2, 0.25) is 5.91 Å². The number of carbonyl (C=O) groups is 3. The van der Waals surface area contributed by atoms with Gasteiger partial charge in [0, 0.05) is 25.0 Å². The summed E-state index contributed by atoms with van der Waals surface area (Å²) in [5.41, 5.74) is 0. The summed E-state index contributed by atoms with van der Waals surface area (Å²) in [6.07, 6.45) is 4.26. The maximum Gasteiger partial charge on any atom is 0.312 e. The molecule has 0 aliphatic carbocycles. The SMILES string of the molecule is CCC[C@H]1C(=O)N(S(=O)(=O)c2cccc3ccccc23)[C@H]2CCN(C(=O)C(=O)N3CCCCC3)[C@H]12. The van der Waals surface area contributed by atoms with Gasteiger partial charge in [-0.3, -0.25) is 14.4 Å². The average molecular weight is 498 g/mol. The second-order valence-corrected chi connectivity index (χ2v) is 11.5. The van der Waals surface area contributed by atoms with Crippen LogP contribution in [0.4, 0.5) is 0 Å². The normalized spacial score (nSPS) is 24.8. The van der Waals surface area contributed by atoms with Gasteiger partial charge in [-0.15, -0.1) is 0 Å². The molecule has 3 amide bonds. The first kappa shape index (κ1) is 23.8. The van der Waals surface area contributed by atoms with Crippen molar-refractivity contribution in [3.05, 3.63) is 42.5 Å². The zero-order chi connectivity index (χ0) is 24.7. The lowest BCUT2D eigenvalue weighted by molar-refractivity contribution is -0.153. The summed E-state index contributed by atoms with van der Waals surface area (Å²) in [5.74, 6) is -2.27. The third-order valence-electron chi connectivity index (χ3n) is 7.64. The van der Waals surface area contributed by atoms with Crippen molar-refractivity contribution >= 4 is 38.5 Å². The zero-order valence-electron chi connectivity index (χ0n) is 19.9. The van der Waals surface area contributed by atoms with Crippen molar-refractivity contribution in [2.75, 3.05) is 19.6 Å². The van der Waals surface area contributed by atoms with Crippen LogP contribution in [0.3, 0.4) is 0 Å². The summed E-state index contributed by atoms with van der Waals surface area (Å²) in [7, 11) is -4.16. The fraction of sp³-hybridized carbons (Fsp3) is 0.500. The molecule has 5 rings (SSSR count). The van der Waals surface area contributed by atoms with Gasteiger partial charge in [-0.25, -0.2) is 12.7 Å². The molecule has 3 aliphatic heterocycles. The zero-order valence-corrected chi connectivity index (χ0v) is 20.7. The quantitative estimate of drug-likeness (QED) is 0.606. The van der Waals surface area contributed by atoms with E-state index in [1.54, 1.807) is 23.1 Å². The van der Waals surface area contributed by atoms with Crippen molar-refractivity contribution in [3.63, 3.8) is 0 Å². The van der Waals surface area contributed by atoms with Crippen LogP contribution in [0.15, 0.2) is 47.4 Å². The summed E-state index contributed by atoms with van der Waals surface area (Å²) in [6.45, 7) is 3.32. The Balaban J connectivity index is 1.50. The van der Waals surface area contributed by atoms with Gasteiger partial charge in [-0.2, -0.15) is 0 Å². The number of piperidine rings is 1. The lowest BCUT2D eigenvalue weighted by atomic mass is 9.94. The number of rotatable bonds is 4. The molecular formula is C26H31N3O5S. The fourth-order valence-corrected chi connectivity index (χ4v) is 7.92.